The van der Waals surface area contributed by atoms with Crippen LogP contribution in [0.25, 0.3) is 0 Å². The Bertz CT molecular complexity index is 838. The lowest BCUT2D eigenvalue weighted by molar-refractivity contribution is 0.504. The van der Waals surface area contributed by atoms with Gasteiger partial charge in [-0.25, -0.2) is 4.98 Å². The van der Waals surface area contributed by atoms with Gasteiger partial charge in [0.15, 0.2) is 5.82 Å². The SMILES string of the molecule is CC1CCn2c(nc3c(c2=O)CCCC3)/C1=N\Nc1ccccc1. The molecule has 0 saturated heterocycles. The molecule has 24 heavy (non-hydrogen) atoms. The van der Waals surface area contributed by atoms with Crippen molar-refractivity contribution in [3.05, 3.63) is 57.8 Å². The van der Waals surface area contributed by atoms with Crippen LogP contribution in [0, 0.1) is 5.92 Å². The third-order valence-corrected chi connectivity index (χ3v) is 5.00. The topological polar surface area (TPSA) is 59.3 Å². The first kappa shape index (κ1) is 15.1. The van der Waals surface area contributed by atoms with Gasteiger partial charge in [0.2, 0.25) is 0 Å². The van der Waals surface area contributed by atoms with Crippen molar-refractivity contribution in [3.63, 3.8) is 0 Å². The van der Waals surface area contributed by atoms with E-state index in [0.29, 0.717) is 0 Å². The molecule has 1 aromatic carbocycles. The van der Waals surface area contributed by atoms with Crippen LogP contribution < -0.4 is 11.0 Å². The highest BCUT2D eigenvalue weighted by atomic mass is 16.1. The van der Waals surface area contributed by atoms with E-state index in [1.807, 2.05) is 34.9 Å². The molecule has 1 N–H and O–H groups in total. The maximum Gasteiger partial charge on any atom is 0.257 e. The van der Waals surface area contributed by atoms with Crippen molar-refractivity contribution in [3.8, 4) is 0 Å². The lowest BCUT2D eigenvalue weighted by Crippen LogP contribution is -2.39. The Morgan fingerprint density at radius 2 is 2.00 bits per heavy atom. The normalized spacial score (nSPS) is 21.2. The van der Waals surface area contributed by atoms with E-state index in [4.69, 9.17) is 4.98 Å². The number of nitrogens with zero attached hydrogens (tertiary/aromatic N) is 3. The molecule has 124 valence electrons. The predicted molar refractivity (Wildman–Crippen MR) is 95.5 cm³/mol. The molecule has 2 aromatic rings. The average molecular weight is 322 g/mol. The van der Waals surface area contributed by atoms with Gasteiger partial charge in [-0.3, -0.25) is 14.8 Å². The van der Waals surface area contributed by atoms with Crippen LogP contribution in [0.5, 0.6) is 0 Å². The smallest absolute Gasteiger partial charge is 0.257 e. The molecular weight excluding hydrogens is 300 g/mol. The number of anilines is 1. The molecule has 0 radical (unpaired) electrons. The summed E-state index contributed by atoms with van der Waals surface area (Å²) in [5.41, 5.74) is 7.00. The van der Waals surface area contributed by atoms with Crippen LogP contribution in [-0.2, 0) is 19.4 Å². The molecule has 1 aliphatic carbocycles. The maximum atomic E-state index is 12.8. The zero-order valence-electron chi connectivity index (χ0n) is 14.0. The third kappa shape index (κ3) is 2.64. The van der Waals surface area contributed by atoms with Crippen LogP contribution in [0.2, 0.25) is 0 Å². The number of nitrogens with one attached hydrogen (secondary N) is 1. The second-order valence-corrected chi connectivity index (χ2v) is 6.69. The second-order valence-electron chi connectivity index (χ2n) is 6.69. The Morgan fingerprint density at radius 1 is 1.21 bits per heavy atom. The molecule has 5 nitrogen and oxygen atoms in total. The van der Waals surface area contributed by atoms with Gasteiger partial charge in [0, 0.05) is 18.0 Å². The maximum absolute atomic E-state index is 12.8. The minimum absolute atomic E-state index is 0.147. The molecule has 0 bridgehead atoms. The lowest BCUT2D eigenvalue weighted by atomic mass is 9.93. The highest BCUT2D eigenvalue weighted by Crippen LogP contribution is 2.23. The molecule has 2 heterocycles. The molecule has 1 atom stereocenters. The second kappa shape index (κ2) is 6.23. The zero-order chi connectivity index (χ0) is 16.5. The van der Waals surface area contributed by atoms with Gasteiger partial charge in [0.1, 0.15) is 5.71 Å². The number of hydrogen-bond acceptors (Lipinski definition) is 4. The fraction of sp³-hybridized carbons (Fsp3) is 0.421. The van der Waals surface area contributed by atoms with E-state index in [-0.39, 0.29) is 11.5 Å². The number of aromatic nitrogens is 2. The Morgan fingerprint density at radius 3 is 2.83 bits per heavy atom. The van der Waals surface area contributed by atoms with Gasteiger partial charge < -0.3 is 0 Å². The summed E-state index contributed by atoms with van der Waals surface area (Å²) in [5, 5.41) is 4.61. The van der Waals surface area contributed by atoms with Crippen LogP contribution in [0.4, 0.5) is 5.69 Å². The third-order valence-electron chi connectivity index (χ3n) is 5.00. The Balaban J connectivity index is 1.77. The summed E-state index contributed by atoms with van der Waals surface area (Å²) < 4.78 is 1.83. The van der Waals surface area contributed by atoms with Crippen LogP contribution in [0.1, 0.15) is 43.3 Å². The summed E-state index contributed by atoms with van der Waals surface area (Å²) in [5.74, 6) is 1.04. The summed E-state index contributed by atoms with van der Waals surface area (Å²) in [6.45, 7) is 2.89. The number of para-hydroxylation sites is 1. The summed E-state index contributed by atoms with van der Waals surface area (Å²) in [6, 6.07) is 9.87. The van der Waals surface area contributed by atoms with E-state index in [1.54, 1.807) is 0 Å². The lowest BCUT2D eigenvalue weighted by Gasteiger charge is -2.27. The van der Waals surface area contributed by atoms with Gasteiger partial charge in [-0.2, -0.15) is 5.10 Å². The molecule has 4 rings (SSSR count). The molecule has 0 amide bonds. The highest BCUT2D eigenvalue weighted by Gasteiger charge is 2.28. The summed E-state index contributed by atoms with van der Waals surface area (Å²) in [7, 11) is 0. The van der Waals surface area contributed by atoms with Gasteiger partial charge in [-0.05, 0) is 44.2 Å². The van der Waals surface area contributed by atoms with Crippen molar-refractivity contribution >= 4 is 11.4 Å². The molecule has 1 unspecified atom stereocenters. The van der Waals surface area contributed by atoms with Gasteiger partial charge >= 0.3 is 0 Å². The average Bonchev–Trinajstić information content (AvgIpc) is 2.62. The number of fused-ring (bicyclic) bond motifs is 2. The van der Waals surface area contributed by atoms with E-state index in [0.717, 1.165) is 67.1 Å². The standard InChI is InChI=1S/C19H22N4O/c1-13-11-12-23-18(17(13)22-21-14-7-3-2-4-8-14)20-16-10-6-5-9-15(16)19(23)24/h2-4,7-8,13,21H,5-6,9-12H2,1H3/b22-17-. The molecule has 0 saturated carbocycles. The van der Waals surface area contributed by atoms with Gasteiger partial charge in [0.25, 0.3) is 5.56 Å². The largest absolute Gasteiger partial charge is 0.291 e. The first-order valence-corrected chi connectivity index (χ1v) is 8.75. The van der Waals surface area contributed by atoms with E-state index >= 15 is 0 Å². The molecule has 0 spiro atoms. The fourth-order valence-electron chi connectivity index (χ4n) is 3.57. The Kier molecular flexibility index (Phi) is 3.92. The van der Waals surface area contributed by atoms with Crippen molar-refractivity contribution < 1.29 is 0 Å². The van der Waals surface area contributed by atoms with Crippen LogP contribution in [0.15, 0.2) is 40.2 Å². The minimum Gasteiger partial charge on any atom is -0.291 e. The molecule has 0 fully saturated rings. The summed E-state index contributed by atoms with van der Waals surface area (Å²) >= 11 is 0. The van der Waals surface area contributed by atoms with Crippen molar-refractivity contribution in [1.82, 2.24) is 9.55 Å². The summed E-state index contributed by atoms with van der Waals surface area (Å²) in [4.78, 5) is 17.7. The number of hydrazone groups is 1. The quantitative estimate of drug-likeness (QED) is 0.865. The van der Waals surface area contributed by atoms with E-state index in [2.05, 4.69) is 17.5 Å². The minimum atomic E-state index is 0.147. The molecule has 1 aromatic heterocycles. The van der Waals surface area contributed by atoms with E-state index in [9.17, 15) is 4.79 Å². The Labute approximate surface area is 141 Å². The van der Waals surface area contributed by atoms with Crippen molar-refractivity contribution in [2.45, 2.75) is 45.6 Å². The molecular formula is C19H22N4O. The van der Waals surface area contributed by atoms with E-state index in [1.165, 1.54) is 0 Å². The number of rotatable bonds is 2. The van der Waals surface area contributed by atoms with Gasteiger partial charge in [-0.1, -0.05) is 25.1 Å². The molecule has 5 heteroatoms. The first-order chi connectivity index (χ1) is 11.7. The first-order valence-electron chi connectivity index (χ1n) is 8.75. The Hall–Kier alpha value is -2.43. The van der Waals surface area contributed by atoms with Gasteiger partial charge in [0.05, 0.1) is 11.4 Å². The number of benzene rings is 1. The summed E-state index contributed by atoms with van der Waals surface area (Å²) in [6.07, 6.45) is 4.91. The number of aryl methyl sites for hydroxylation is 1. The van der Waals surface area contributed by atoms with E-state index < -0.39 is 0 Å². The van der Waals surface area contributed by atoms with Crippen molar-refractivity contribution in [2.24, 2.45) is 11.0 Å². The van der Waals surface area contributed by atoms with Gasteiger partial charge in [-0.15, -0.1) is 0 Å². The van der Waals surface area contributed by atoms with Crippen molar-refractivity contribution in [2.75, 3.05) is 5.43 Å². The van der Waals surface area contributed by atoms with Crippen LogP contribution in [0.3, 0.4) is 0 Å². The van der Waals surface area contributed by atoms with Crippen LogP contribution in [-0.4, -0.2) is 15.3 Å². The monoisotopic (exact) mass is 322 g/mol. The highest BCUT2D eigenvalue weighted by molar-refractivity contribution is 6.00. The molecule has 2 aliphatic rings. The zero-order valence-corrected chi connectivity index (χ0v) is 14.0. The molecule has 1 aliphatic heterocycles. The van der Waals surface area contributed by atoms with Crippen LogP contribution >= 0.6 is 0 Å². The van der Waals surface area contributed by atoms with Crippen molar-refractivity contribution in [1.29, 1.82) is 0 Å². The predicted octanol–water partition coefficient (Wildman–Crippen LogP) is 2.98. The fourth-order valence-corrected chi connectivity index (χ4v) is 3.57. The number of hydrogen-bond donors (Lipinski definition) is 1.